The fourth-order valence-corrected chi connectivity index (χ4v) is 3.97. The number of carbonyl (C=O) groups excluding carboxylic acids is 1. The number of methoxy groups -OCH3 is 2. The third kappa shape index (κ3) is 7.59. The van der Waals surface area contributed by atoms with Crippen LogP contribution in [0.1, 0.15) is 63.7 Å². The van der Waals surface area contributed by atoms with Crippen molar-refractivity contribution in [1.29, 1.82) is 0 Å². The molecule has 0 radical (unpaired) electrons. The Morgan fingerprint density at radius 2 is 1.84 bits per heavy atom. The Hall–Kier alpha value is -2.47. The second-order valence-electron chi connectivity index (χ2n) is 8.53. The fraction of sp³-hybridized carbons (Fsp3) is 0.577. The van der Waals surface area contributed by atoms with Gasteiger partial charge in [0.2, 0.25) is 5.75 Å². The van der Waals surface area contributed by atoms with Gasteiger partial charge in [-0.25, -0.2) is 0 Å². The molecule has 0 bridgehead atoms. The minimum Gasteiger partial charge on any atom is -0.493 e. The number of rotatable bonds is 12. The lowest BCUT2D eigenvalue weighted by molar-refractivity contribution is 0.0940. The molecule has 1 aliphatic heterocycles. The maximum absolute atomic E-state index is 12.8. The number of nitrogens with zero attached hydrogens (tertiary/aromatic N) is 1. The number of allylic oxidation sites excluding steroid dienone is 3. The number of likely N-dealkylation sites (N-methyl/N-ethyl adjacent to an activating group) is 1. The van der Waals surface area contributed by atoms with Gasteiger partial charge in [-0.1, -0.05) is 24.1 Å². The van der Waals surface area contributed by atoms with Crippen LogP contribution in [-0.4, -0.2) is 57.3 Å². The van der Waals surface area contributed by atoms with Crippen LogP contribution in [0, 0.1) is 0 Å². The molecule has 32 heavy (non-hydrogen) atoms. The van der Waals surface area contributed by atoms with E-state index in [-0.39, 0.29) is 5.91 Å². The van der Waals surface area contributed by atoms with Crippen molar-refractivity contribution in [2.45, 2.75) is 59.4 Å². The highest BCUT2D eigenvalue weighted by atomic mass is 16.5. The van der Waals surface area contributed by atoms with Crippen LogP contribution in [0.4, 0.5) is 0 Å². The predicted molar refractivity (Wildman–Crippen MR) is 130 cm³/mol. The number of ether oxygens (including phenoxy) is 3. The molecule has 1 aliphatic rings. The van der Waals surface area contributed by atoms with Crippen LogP contribution in [0.5, 0.6) is 17.2 Å². The van der Waals surface area contributed by atoms with Crippen LogP contribution < -0.4 is 19.5 Å². The maximum Gasteiger partial charge on any atom is 0.251 e. The third-order valence-electron chi connectivity index (χ3n) is 5.88. The molecule has 0 aromatic heterocycles. The molecular weight excluding hydrogens is 404 g/mol. The van der Waals surface area contributed by atoms with Crippen LogP contribution in [0.25, 0.3) is 0 Å². The highest BCUT2D eigenvalue weighted by Gasteiger charge is 2.24. The van der Waals surface area contributed by atoms with Gasteiger partial charge in [-0.3, -0.25) is 9.69 Å². The summed E-state index contributed by atoms with van der Waals surface area (Å²) < 4.78 is 17.0. The standard InChI is InChI=1S/C26H40N2O4/c1-7-28-14-9-12-22(28)18-27-26(29)21-16-23(30-5)25(24(17-21)31-6)32-15-13-20(4)11-8-10-19(2)3/h10,13,16-17,22H,7-9,11-12,14-15,18H2,1-6H3,(H,27,29)/b20-13+. The first-order valence-electron chi connectivity index (χ1n) is 11.6. The van der Waals surface area contributed by atoms with E-state index in [1.807, 2.05) is 0 Å². The van der Waals surface area contributed by atoms with E-state index in [9.17, 15) is 4.79 Å². The molecular formula is C26H40N2O4. The quantitative estimate of drug-likeness (QED) is 0.460. The van der Waals surface area contributed by atoms with Crippen molar-refractivity contribution in [3.05, 3.63) is 41.0 Å². The molecule has 0 spiro atoms. The fourth-order valence-electron chi connectivity index (χ4n) is 3.97. The van der Waals surface area contributed by atoms with Gasteiger partial charge in [0.25, 0.3) is 5.91 Å². The summed E-state index contributed by atoms with van der Waals surface area (Å²) in [6, 6.07) is 3.83. The number of carbonyl (C=O) groups is 1. The number of benzene rings is 1. The van der Waals surface area contributed by atoms with Gasteiger partial charge in [0.05, 0.1) is 14.2 Å². The Bertz CT molecular complexity index is 787. The van der Waals surface area contributed by atoms with Crippen LogP contribution in [0.3, 0.4) is 0 Å². The average molecular weight is 445 g/mol. The van der Waals surface area contributed by atoms with Crippen molar-refractivity contribution in [1.82, 2.24) is 10.2 Å². The summed E-state index contributed by atoms with van der Waals surface area (Å²) in [7, 11) is 3.14. The van der Waals surface area contributed by atoms with Gasteiger partial charge >= 0.3 is 0 Å². The first-order valence-corrected chi connectivity index (χ1v) is 11.6. The van der Waals surface area contributed by atoms with Crippen LogP contribution >= 0.6 is 0 Å². The van der Waals surface area contributed by atoms with Crippen molar-refractivity contribution in [3.63, 3.8) is 0 Å². The molecule has 2 rings (SSSR count). The highest BCUT2D eigenvalue weighted by molar-refractivity contribution is 5.95. The molecule has 1 heterocycles. The first-order chi connectivity index (χ1) is 15.4. The van der Waals surface area contributed by atoms with Crippen molar-refractivity contribution in [2.24, 2.45) is 0 Å². The van der Waals surface area contributed by atoms with E-state index < -0.39 is 0 Å². The minimum atomic E-state index is -0.133. The molecule has 178 valence electrons. The zero-order chi connectivity index (χ0) is 23.5. The number of likely N-dealkylation sites (tertiary alicyclic amines) is 1. The van der Waals surface area contributed by atoms with Crippen LogP contribution in [0.2, 0.25) is 0 Å². The van der Waals surface area contributed by atoms with E-state index in [1.165, 1.54) is 17.6 Å². The largest absolute Gasteiger partial charge is 0.493 e. The molecule has 6 nitrogen and oxygen atoms in total. The van der Waals surface area contributed by atoms with E-state index in [0.717, 1.165) is 32.4 Å². The summed E-state index contributed by atoms with van der Waals surface area (Å²) in [6.45, 7) is 11.7. The smallest absolute Gasteiger partial charge is 0.251 e. The Balaban J connectivity index is 2.03. The van der Waals surface area contributed by atoms with Gasteiger partial charge in [-0.15, -0.1) is 0 Å². The van der Waals surface area contributed by atoms with Gasteiger partial charge in [-0.05, 0) is 77.8 Å². The number of hydrogen-bond donors (Lipinski definition) is 1. The van der Waals surface area contributed by atoms with Crippen LogP contribution in [0.15, 0.2) is 35.4 Å². The summed E-state index contributed by atoms with van der Waals surface area (Å²) in [4.78, 5) is 15.2. The Morgan fingerprint density at radius 1 is 1.16 bits per heavy atom. The SMILES string of the molecule is CCN1CCCC1CNC(=O)c1cc(OC)c(OC/C=C(\C)CCC=C(C)C)c(OC)c1. The molecule has 1 saturated heterocycles. The summed E-state index contributed by atoms with van der Waals surface area (Å²) in [5, 5.41) is 3.07. The first kappa shape index (κ1) is 25.8. The molecule has 0 aliphatic carbocycles. The third-order valence-corrected chi connectivity index (χ3v) is 5.88. The normalized spacial score (nSPS) is 16.6. The van der Waals surface area contributed by atoms with E-state index in [1.54, 1.807) is 26.4 Å². The molecule has 1 N–H and O–H groups in total. The second kappa shape index (κ2) is 13.2. The number of hydrogen-bond acceptors (Lipinski definition) is 5. The molecule has 1 atom stereocenters. The summed E-state index contributed by atoms with van der Waals surface area (Å²) >= 11 is 0. The number of nitrogens with one attached hydrogen (secondary N) is 1. The molecule has 1 amide bonds. The van der Waals surface area contributed by atoms with Crippen molar-refractivity contribution in [3.8, 4) is 17.2 Å². The molecule has 0 saturated carbocycles. The van der Waals surface area contributed by atoms with Crippen molar-refractivity contribution >= 4 is 5.91 Å². The van der Waals surface area contributed by atoms with Gasteiger partial charge in [0, 0.05) is 18.2 Å². The summed E-state index contributed by atoms with van der Waals surface area (Å²) in [6.07, 6.45) is 8.63. The van der Waals surface area contributed by atoms with Gasteiger partial charge in [0.1, 0.15) is 6.61 Å². The van der Waals surface area contributed by atoms with Gasteiger partial charge in [-0.2, -0.15) is 0 Å². The summed E-state index contributed by atoms with van der Waals surface area (Å²) in [5.74, 6) is 1.35. The molecule has 1 unspecified atom stereocenters. The zero-order valence-electron chi connectivity index (χ0n) is 20.6. The van der Waals surface area contributed by atoms with Crippen LogP contribution in [-0.2, 0) is 0 Å². The highest BCUT2D eigenvalue weighted by Crippen LogP contribution is 2.38. The van der Waals surface area contributed by atoms with Crippen molar-refractivity contribution in [2.75, 3.05) is 40.5 Å². The lowest BCUT2D eigenvalue weighted by atomic mass is 10.1. The Labute approximate surface area is 193 Å². The predicted octanol–water partition coefficient (Wildman–Crippen LogP) is 4.99. The monoisotopic (exact) mass is 444 g/mol. The second-order valence-corrected chi connectivity index (χ2v) is 8.53. The average Bonchev–Trinajstić information content (AvgIpc) is 3.24. The minimum absolute atomic E-state index is 0.133. The Morgan fingerprint density at radius 3 is 2.44 bits per heavy atom. The van der Waals surface area contributed by atoms with Gasteiger partial charge in [0.15, 0.2) is 11.5 Å². The molecule has 1 fully saturated rings. The van der Waals surface area contributed by atoms with E-state index in [0.29, 0.717) is 42.0 Å². The van der Waals surface area contributed by atoms with Crippen molar-refractivity contribution < 1.29 is 19.0 Å². The van der Waals surface area contributed by atoms with E-state index in [4.69, 9.17) is 14.2 Å². The van der Waals surface area contributed by atoms with Gasteiger partial charge < -0.3 is 19.5 Å². The topological polar surface area (TPSA) is 60.0 Å². The van der Waals surface area contributed by atoms with E-state index >= 15 is 0 Å². The molecule has 1 aromatic rings. The lowest BCUT2D eigenvalue weighted by Gasteiger charge is -2.23. The lowest BCUT2D eigenvalue weighted by Crippen LogP contribution is -2.40. The molecule has 6 heteroatoms. The Kier molecular flexibility index (Phi) is 10.6. The zero-order valence-corrected chi connectivity index (χ0v) is 20.6. The van der Waals surface area contributed by atoms with E-state index in [2.05, 4.69) is 50.1 Å². The maximum atomic E-state index is 12.8. The molecule has 1 aromatic carbocycles. The summed E-state index contributed by atoms with van der Waals surface area (Å²) in [5.41, 5.74) is 3.10. The number of amides is 1.